The van der Waals surface area contributed by atoms with Crippen LogP contribution in [-0.2, 0) is 9.53 Å². The summed E-state index contributed by atoms with van der Waals surface area (Å²) in [4.78, 5) is 11.0. The molecule has 0 radical (unpaired) electrons. The van der Waals surface area contributed by atoms with E-state index in [-0.39, 0.29) is 5.97 Å². The number of hydrogen-bond acceptors (Lipinski definition) is 2. The normalized spacial score (nSPS) is 12.3. The van der Waals surface area contributed by atoms with Gasteiger partial charge in [0.25, 0.3) is 0 Å². The van der Waals surface area contributed by atoms with Gasteiger partial charge in [-0.25, -0.2) is 0 Å². The summed E-state index contributed by atoms with van der Waals surface area (Å²) in [6.07, 6.45) is 21.1. The number of rotatable bonds is 15. The number of ether oxygens (including phenoxy) is 1. The summed E-state index contributed by atoms with van der Waals surface area (Å²) in [6.45, 7) is 6.83. The van der Waals surface area contributed by atoms with Crippen LogP contribution in [-0.4, -0.2) is 13.1 Å². The van der Waals surface area contributed by atoms with Gasteiger partial charge in [0.2, 0.25) is 0 Å². The topological polar surface area (TPSA) is 26.3 Å². The fourth-order valence-corrected chi connectivity index (χ4v) is 2.77. The second-order valence-corrected chi connectivity index (χ2v) is 7.02. The van der Waals surface area contributed by atoms with E-state index in [1.807, 2.05) is 0 Å². The van der Waals surface area contributed by atoms with E-state index >= 15 is 0 Å². The fourth-order valence-electron chi connectivity index (χ4n) is 2.77. The van der Waals surface area contributed by atoms with E-state index < -0.39 is 0 Å². The Balaban J connectivity index is 3.81. The van der Waals surface area contributed by atoms with Gasteiger partial charge >= 0.3 is 5.97 Å². The number of allylic oxidation sites excluding steroid dienone is 4. The van der Waals surface area contributed by atoms with Crippen LogP contribution in [0.4, 0.5) is 0 Å². The van der Waals surface area contributed by atoms with Gasteiger partial charge in [0.05, 0.1) is 7.11 Å². The van der Waals surface area contributed by atoms with Crippen molar-refractivity contribution < 1.29 is 9.53 Å². The third kappa shape index (κ3) is 14.5. The number of hydrogen-bond donors (Lipinski definition) is 0. The maximum atomic E-state index is 11.0. The van der Waals surface area contributed by atoms with Gasteiger partial charge in [-0.15, -0.1) is 0 Å². The van der Waals surface area contributed by atoms with Crippen molar-refractivity contribution in [1.82, 2.24) is 0 Å². The molecule has 0 unspecified atom stereocenters. The van der Waals surface area contributed by atoms with Crippen molar-refractivity contribution in [1.29, 1.82) is 0 Å². The molecule has 2 heteroatoms. The second kappa shape index (κ2) is 16.8. The number of carbonyl (C=O) groups excluding carboxylic acids is 1. The summed E-state index contributed by atoms with van der Waals surface area (Å²) in [7, 11) is 1.46. The zero-order valence-corrected chi connectivity index (χ0v) is 16.6. The monoisotopic (exact) mass is 336 g/mol. The van der Waals surface area contributed by atoms with Gasteiger partial charge in [-0.1, -0.05) is 83.1 Å². The average molecular weight is 337 g/mol. The predicted octanol–water partition coefficient (Wildman–Crippen LogP) is 7.00. The molecule has 0 saturated carbocycles. The van der Waals surface area contributed by atoms with Crippen LogP contribution in [0.15, 0.2) is 23.8 Å². The van der Waals surface area contributed by atoms with Crippen molar-refractivity contribution in [3.63, 3.8) is 0 Å². The highest BCUT2D eigenvalue weighted by Crippen LogP contribution is 2.19. The molecule has 0 aliphatic carbocycles. The third-order valence-corrected chi connectivity index (χ3v) is 4.49. The Morgan fingerprint density at radius 1 is 0.917 bits per heavy atom. The molecule has 0 fully saturated rings. The zero-order chi connectivity index (χ0) is 18.0. The summed E-state index contributed by atoms with van der Waals surface area (Å²) in [6, 6.07) is 0. The minimum Gasteiger partial charge on any atom is -0.469 e. The summed E-state index contributed by atoms with van der Waals surface area (Å²) >= 11 is 0. The van der Waals surface area contributed by atoms with E-state index in [0.717, 1.165) is 12.8 Å². The lowest BCUT2D eigenvalue weighted by molar-refractivity contribution is -0.140. The molecule has 140 valence electrons. The molecular weight excluding hydrogens is 296 g/mol. The fraction of sp³-hybridized carbons (Fsp3) is 0.773. The van der Waals surface area contributed by atoms with Crippen molar-refractivity contribution in [2.45, 2.75) is 97.8 Å². The van der Waals surface area contributed by atoms with Crippen LogP contribution in [0.3, 0.4) is 0 Å². The standard InChI is InChI=1S/C22H40O2/c1-5-6-7-8-9-11-14-17-21(20(2)3)18-15-12-10-13-16-19-22(23)24-4/h11,14,17,20H,5-10,12-13,15-16,18-19H2,1-4H3/b14-11+,21-17+. The highest BCUT2D eigenvalue weighted by molar-refractivity contribution is 5.68. The average Bonchev–Trinajstić information content (AvgIpc) is 2.57. The molecule has 0 aromatic heterocycles. The minimum absolute atomic E-state index is 0.0819. The lowest BCUT2D eigenvalue weighted by Gasteiger charge is -2.10. The van der Waals surface area contributed by atoms with E-state index in [1.165, 1.54) is 64.9 Å². The van der Waals surface area contributed by atoms with E-state index in [4.69, 9.17) is 0 Å². The highest BCUT2D eigenvalue weighted by atomic mass is 16.5. The quantitative estimate of drug-likeness (QED) is 0.183. The Morgan fingerprint density at radius 2 is 1.54 bits per heavy atom. The van der Waals surface area contributed by atoms with Crippen molar-refractivity contribution in [3.05, 3.63) is 23.8 Å². The van der Waals surface area contributed by atoms with Crippen molar-refractivity contribution in [3.8, 4) is 0 Å². The molecule has 0 aromatic carbocycles. The second-order valence-electron chi connectivity index (χ2n) is 7.02. The SMILES string of the molecule is CCCCCC/C=C/C=C(\CCCCCCCC(=O)OC)C(C)C. The molecule has 0 aromatic rings. The van der Waals surface area contributed by atoms with Crippen LogP contribution in [0.25, 0.3) is 0 Å². The summed E-state index contributed by atoms with van der Waals surface area (Å²) in [5, 5.41) is 0. The molecule has 0 aliphatic rings. The van der Waals surface area contributed by atoms with Crippen LogP contribution < -0.4 is 0 Å². The van der Waals surface area contributed by atoms with Crippen LogP contribution >= 0.6 is 0 Å². The number of unbranched alkanes of at least 4 members (excludes halogenated alkanes) is 8. The van der Waals surface area contributed by atoms with E-state index in [9.17, 15) is 4.79 Å². The Kier molecular flexibility index (Phi) is 16.1. The van der Waals surface area contributed by atoms with Crippen LogP contribution in [0.5, 0.6) is 0 Å². The van der Waals surface area contributed by atoms with Crippen molar-refractivity contribution >= 4 is 5.97 Å². The molecule has 0 aliphatic heterocycles. The van der Waals surface area contributed by atoms with E-state index in [1.54, 1.807) is 5.57 Å². The van der Waals surface area contributed by atoms with Crippen molar-refractivity contribution in [2.24, 2.45) is 5.92 Å². The minimum atomic E-state index is -0.0819. The highest BCUT2D eigenvalue weighted by Gasteiger charge is 2.03. The van der Waals surface area contributed by atoms with Gasteiger partial charge in [-0.3, -0.25) is 4.79 Å². The Bertz CT molecular complexity index is 353. The molecule has 0 saturated heterocycles. The third-order valence-electron chi connectivity index (χ3n) is 4.49. The maximum absolute atomic E-state index is 11.0. The first kappa shape index (κ1) is 22.9. The largest absolute Gasteiger partial charge is 0.469 e. The van der Waals surface area contributed by atoms with Crippen molar-refractivity contribution in [2.75, 3.05) is 7.11 Å². The molecular formula is C22H40O2. The van der Waals surface area contributed by atoms with E-state index in [0.29, 0.717) is 12.3 Å². The lowest BCUT2D eigenvalue weighted by atomic mass is 9.96. The molecule has 2 nitrogen and oxygen atoms in total. The van der Waals surface area contributed by atoms with Gasteiger partial charge in [-0.2, -0.15) is 0 Å². The van der Waals surface area contributed by atoms with Crippen LogP contribution in [0.1, 0.15) is 97.8 Å². The molecule has 0 N–H and O–H groups in total. The Hall–Kier alpha value is -1.05. The molecule has 0 amide bonds. The first-order valence-corrected chi connectivity index (χ1v) is 10.0. The number of carbonyl (C=O) groups is 1. The Labute approximate surface area is 150 Å². The first-order chi connectivity index (χ1) is 11.6. The molecule has 0 atom stereocenters. The van der Waals surface area contributed by atoms with E-state index in [2.05, 4.69) is 43.7 Å². The van der Waals surface area contributed by atoms with Gasteiger partial charge in [-0.05, 0) is 38.0 Å². The van der Waals surface area contributed by atoms with Gasteiger partial charge in [0.15, 0.2) is 0 Å². The smallest absolute Gasteiger partial charge is 0.305 e. The zero-order valence-electron chi connectivity index (χ0n) is 16.6. The molecule has 24 heavy (non-hydrogen) atoms. The first-order valence-electron chi connectivity index (χ1n) is 10.0. The number of esters is 1. The number of methoxy groups -OCH3 is 1. The molecule has 0 rings (SSSR count). The molecule has 0 heterocycles. The van der Waals surface area contributed by atoms with Gasteiger partial charge < -0.3 is 4.74 Å². The summed E-state index contributed by atoms with van der Waals surface area (Å²) < 4.78 is 4.66. The van der Waals surface area contributed by atoms with Crippen LogP contribution in [0.2, 0.25) is 0 Å². The lowest BCUT2D eigenvalue weighted by Crippen LogP contribution is -1.99. The predicted molar refractivity (Wildman–Crippen MR) is 105 cm³/mol. The van der Waals surface area contributed by atoms with Gasteiger partial charge in [0.1, 0.15) is 0 Å². The summed E-state index contributed by atoms with van der Waals surface area (Å²) in [5.74, 6) is 0.551. The maximum Gasteiger partial charge on any atom is 0.305 e. The summed E-state index contributed by atoms with van der Waals surface area (Å²) in [5.41, 5.74) is 1.56. The Morgan fingerprint density at radius 3 is 2.17 bits per heavy atom. The molecule has 0 bridgehead atoms. The van der Waals surface area contributed by atoms with Gasteiger partial charge in [0, 0.05) is 6.42 Å². The van der Waals surface area contributed by atoms with Crippen LogP contribution in [0, 0.1) is 5.92 Å². The molecule has 0 spiro atoms.